The molecule has 0 aliphatic carbocycles. The first-order valence-corrected chi connectivity index (χ1v) is 2.50. The van der Waals surface area contributed by atoms with Crippen molar-refractivity contribution in [3.63, 3.8) is 0 Å². The number of ether oxygens (including phenoxy) is 1. The van der Waals surface area contributed by atoms with Crippen LogP contribution in [0, 0.1) is 0 Å². The molecule has 3 nitrogen and oxygen atoms in total. The average molecular weight is 126 g/mol. The lowest BCUT2D eigenvalue weighted by Crippen LogP contribution is -2.09. The van der Waals surface area contributed by atoms with Gasteiger partial charge in [-0.25, -0.2) is 0 Å². The molecule has 0 amide bonds. The summed E-state index contributed by atoms with van der Waals surface area (Å²) in [6.07, 6.45) is 3.35. The summed E-state index contributed by atoms with van der Waals surface area (Å²) in [4.78, 5) is 10.6. The van der Waals surface area contributed by atoms with Gasteiger partial charge < -0.3 is 9.84 Å². The predicted octanol–water partition coefficient (Wildman–Crippen LogP) is 0.541. The number of allylic oxidation sites excluding steroid dienone is 1. The summed E-state index contributed by atoms with van der Waals surface area (Å²) in [7, 11) is 0. The van der Waals surface area contributed by atoms with Crippen molar-refractivity contribution in [2.24, 2.45) is 0 Å². The third-order valence-corrected chi connectivity index (χ3v) is 1.03. The van der Waals surface area contributed by atoms with Crippen LogP contribution in [0.1, 0.15) is 0 Å². The number of carbonyl (C=O) groups excluding carboxylic acids is 1. The van der Waals surface area contributed by atoms with Gasteiger partial charge in [0.05, 0.1) is 18.1 Å². The zero-order chi connectivity index (χ0) is 6.69. The highest BCUT2D eigenvalue weighted by Crippen LogP contribution is 2.03. The Labute approximate surface area is 52.2 Å². The Morgan fingerprint density at radius 3 is 3.00 bits per heavy atom. The molecular weight excluding hydrogens is 120 g/mol. The van der Waals surface area contributed by atoms with Crippen LogP contribution in [-0.2, 0) is 9.53 Å². The van der Waals surface area contributed by atoms with Gasteiger partial charge in [0.25, 0.3) is 0 Å². The summed E-state index contributed by atoms with van der Waals surface area (Å²) in [5.41, 5.74) is 0.289. The third-order valence-electron chi connectivity index (χ3n) is 1.03. The van der Waals surface area contributed by atoms with Crippen molar-refractivity contribution < 1.29 is 14.6 Å². The maximum absolute atomic E-state index is 10.6. The Morgan fingerprint density at radius 1 is 1.78 bits per heavy atom. The van der Waals surface area contributed by atoms with E-state index in [0.717, 1.165) is 6.26 Å². The van der Waals surface area contributed by atoms with E-state index in [9.17, 15) is 4.79 Å². The van der Waals surface area contributed by atoms with Crippen LogP contribution >= 0.6 is 0 Å². The zero-order valence-electron chi connectivity index (χ0n) is 4.70. The van der Waals surface area contributed by atoms with E-state index >= 15 is 0 Å². The number of hydrogen-bond acceptors (Lipinski definition) is 3. The molecule has 1 rings (SSSR count). The molecule has 0 saturated heterocycles. The highest BCUT2D eigenvalue weighted by Gasteiger charge is 2.09. The van der Waals surface area contributed by atoms with Crippen LogP contribution in [-0.4, -0.2) is 17.5 Å². The van der Waals surface area contributed by atoms with Gasteiger partial charge in [0.15, 0.2) is 5.78 Å². The minimum atomic E-state index is -0.191. The minimum absolute atomic E-state index is 0.172. The van der Waals surface area contributed by atoms with Crippen LogP contribution in [0.25, 0.3) is 0 Å². The molecule has 1 heterocycles. The average Bonchev–Trinajstić information content (AvgIpc) is 1.89. The first-order chi connectivity index (χ1) is 4.34. The molecule has 3 heteroatoms. The van der Waals surface area contributed by atoms with Crippen molar-refractivity contribution in [1.82, 2.24) is 0 Å². The molecule has 0 spiro atoms. The standard InChI is InChI=1S/C6H6O3/c7-3-5-4-9-2-1-6(5)8/h1-3,7H,4H2/b5-3-. The summed E-state index contributed by atoms with van der Waals surface area (Å²) in [5, 5.41) is 8.36. The van der Waals surface area contributed by atoms with Gasteiger partial charge in [-0.2, -0.15) is 0 Å². The monoisotopic (exact) mass is 126 g/mol. The fourth-order valence-corrected chi connectivity index (χ4v) is 0.527. The first-order valence-electron chi connectivity index (χ1n) is 2.50. The van der Waals surface area contributed by atoms with Crippen molar-refractivity contribution in [3.05, 3.63) is 24.2 Å². The fourth-order valence-electron chi connectivity index (χ4n) is 0.527. The molecule has 0 saturated carbocycles. The van der Waals surface area contributed by atoms with Gasteiger partial charge in [-0.15, -0.1) is 0 Å². The zero-order valence-corrected chi connectivity index (χ0v) is 4.70. The van der Waals surface area contributed by atoms with Crippen molar-refractivity contribution in [3.8, 4) is 0 Å². The van der Waals surface area contributed by atoms with Crippen molar-refractivity contribution in [2.75, 3.05) is 6.61 Å². The lowest BCUT2D eigenvalue weighted by molar-refractivity contribution is -0.112. The lowest BCUT2D eigenvalue weighted by atomic mass is 10.2. The van der Waals surface area contributed by atoms with Gasteiger partial charge in [-0.1, -0.05) is 0 Å². The Morgan fingerprint density at radius 2 is 2.56 bits per heavy atom. The van der Waals surface area contributed by atoms with Crippen LogP contribution < -0.4 is 0 Å². The van der Waals surface area contributed by atoms with E-state index in [0.29, 0.717) is 0 Å². The van der Waals surface area contributed by atoms with E-state index in [2.05, 4.69) is 0 Å². The molecule has 48 valence electrons. The number of aliphatic hydroxyl groups excluding tert-OH is 1. The van der Waals surface area contributed by atoms with Crippen LogP contribution in [0.2, 0.25) is 0 Å². The molecule has 1 aliphatic rings. The van der Waals surface area contributed by atoms with Crippen molar-refractivity contribution >= 4 is 5.78 Å². The van der Waals surface area contributed by atoms with E-state index < -0.39 is 0 Å². The maximum atomic E-state index is 10.6. The fraction of sp³-hybridized carbons (Fsp3) is 0.167. The topological polar surface area (TPSA) is 46.5 Å². The third kappa shape index (κ3) is 1.10. The van der Waals surface area contributed by atoms with Crippen LogP contribution in [0.15, 0.2) is 24.2 Å². The molecule has 0 radical (unpaired) electrons. The number of rotatable bonds is 0. The van der Waals surface area contributed by atoms with E-state index in [1.807, 2.05) is 0 Å². The second-order valence-corrected chi connectivity index (χ2v) is 1.63. The van der Waals surface area contributed by atoms with Gasteiger partial charge in [0.1, 0.15) is 6.61 Å². The van der Waals surface area contributed by atoms with Crippen LogP contribution in [0.4, 0.5) is 0 Å². The molecule has 0 atom stereocenters. The molecule has 0 aromatic carbocycles. The van der Waals surface area contributed by atoms with E-state index in [4.69, 9.17) is 9.84 Å². The van der Waals surface area contributed by atoms with Gasteiger partial charge >= 0.3 is 0 Å². The summed E-state index contributed by atoms with van der Waals surface area (Å²) < 4.78 is 4.71. The lowest BCUT2D eigenvalue weighted by Gasteiger charge is -2.05. The molecule has 0 fully saturated rings. The normalized spacial score (nSPS) is 22.2. The summed E-state index contributed by atoms with van der Waals surface area (Å²) >= 11 is 0. The molecule has 1 N–H and O–H groups in total. The van der Waals surface area contributed by atoms with E-state index in [1.54, 1.807) is 0 Å². The van der Waals surface area contributed by atoms with Crippen LogP contribution in [0.5, 0.6) is 0 Å². The molecule has 9 heavy (non-hydrogen) atoms. The van der Waals surface area contributed by atoms with E-state index in [-0.39, 0.29) is 18.0 Å². The Bertz CT molecular complexity index is 179. The highest BCUT2D eigenvalue weighted by atomic mass is 16.5. The number of aliphatic hydroxyl groups is 1. The maximum Gasteiger partial charge on any atom is 0.191 e. The second kappa shape index (κ2) is 2.35. The largest absolute Gasteiger partial charge is 0.515 e. The molecule has 0 unspecified atom stereocenters. The Kier molecular flexibility index (Phi) is 1.53. The summed E-state index contributed by atoms with van der Waals surface area (Å²) in [5.74, 6) is -0.191. The number of ketones is 1. The van der Waals surface area contributed by atoms with Crippen molar-refractivity contribution in [1.29, 1.82) is 0 Å². The first kappa shape index (κ1) is 5.88. The Balaban J connectivity index is 2.78. The summed E-state index contributed by atoms with van der Waals surface area (Å²) in [6, 6.07) is 0. The van der Waals surface area contributed by atoms with Gasteiger partial charge in [0, 0.05) is 6.08 Å². The molecule has 1 aliphatic heterocycles. The summed E-state index contributed by atoms with van der Waals surface area (Å²) in [6.45, 7) is 0.172. The molecule has 0 aromatic rings. The SMILES string of the molecule is O=C1C=COC/C1=C/O. The van der Waals surface area contributed by atoms with Crippen molar-refractivity contribution in [2.45, 2.75) is 0 Å². The molecular formula is C6H6O3. The second-order valence-electron chi connectivity index (χ2n) is 1.63. The number of carbonyl (C=O) groups is 1. The molecule has 0 aromatic heterocycles. The van der Waals surface area contributed by atoms with Crippen LogP contribution in [0.3, 0.4) is 0 Å². The highest BCUT2D eigenvalue weighted by molar-refractivity contribution is 6.04. The minimum Gasteiger partial charge on any atom is -0.515 e. The number of hydrogen-bond donors (Lipinski definition) is 1. The predicted molar refractivity (Wildman–Crippen MR) is 30.8 cm³/mol. The molecule has 0 bridgehead atoms. The van der Waals surface area contributed by atoms with E-state index in [1.165, 1.54) is 12.3 Å². The van der Waals surface area contributed by atoms with Gasteiger partial charge in [-0.05, 0) is 0 Å². The quantitative estimate of drug-likeness (QED) is 0.380. The smallest absolute Gasteiger partial charge is 0.191 e. The Hall–Kier alpha value is -1.25. The van der Waals surface area contributed by atoms with Gasteiger partial charge in [0.2, 0.25) is 0 Å². The van der Waals surface area contributed by atoms with Gasteiger partial charge in [-0.3, -0.25) is 4.79 Å².